The Bertz CT molecular complexity index is 632. The number of carbonyl (C=O) groups excluding carboxylic acids is 2. The van der Waals surface area contributed by atoms with Crippen LogP contribution in [0.4, 0.5) is 11.4 Å². The van der Waals surface area contributed by atoms with E-state index in [-0.39, 0.29) is 24.5 Å². The number of hydrogen-bond donors (Lipinski definition) is 1. The predicted molar refractivity (Wildman–Crippen MR) is 96.5 cm³/mol. The number of Topliss-reactive ketones (excluding diaryl/α,β-unsaturated/α-hetero) is 1. The highest BCUT2D eigenvalue weighted by Gasteiger charge is 2.10. The number of nitrogens with one attached hydrogen (secondary N) is 1. The van der Waals surface area contributed by atoms with Crippen molar-refractivity contribution in [2.75, 3.05) is 23.3 Å². The van der Waals surface area contributed by atoms with Crippen molar-refractivity contribution in [1.82, 2.24) is 0 Å². The lowest BCUT2D eigenvalue weighted by atomic mass is 10.2. The first-order valence-corrected chi connectivity index (χ1v) is 8.73. The molecule has 1 aromatic heterocycles. The molecule has 2 rings (SSSR count). The summed E-state index contributed by atoms with van der Waals surface area (Å²) >= 11 is 1.41. The van der Waals surface area contributed by atoms with Crippen LogP contribution in [0.2, 0.25) is 0 Å². The maximum Gasteiger partial charge on any atom is 0.224 e. The highest BCUT2D eigenvalue weighted by atomic mass is 32.1. The Morgan fingerprint density at radius 2 is 1.74 bits per heavy atom. The molecule has 122 valence electrons. The number of nitrogens with zero attached hydrogens (tertiary/aromatic N) is 1. The first-order chi connectivity index (χ1) is 11.1. The molecular weight excluding hydrogens is 308 g/mol. The van der Waals surface area contributed by atoms with Crippen LogP contribution < -0.4 is 10.2 Å². The smallest absolute Gasteiger partial charge is 0.224 e. The Morgan fingerprint density at radius 3 is 2.30 bits per heavy atom. The van der Waals surface area contributed by atoms with Gasteiger partial charge in [-0.25, -0.2) is 0 Å². The van der Waals surface area contributed by atoms with Crippen LogP contribution >= 0.6 is 11.3 Å². The molecule has 23 heavy (non-hydrogen) atoms. The first-order valence-electron chi connectivity index (χ1n) is 7.85. The van der Waals surface area contributed by atoms with E-state index < -0.39 is 0 Å². The summed E-state index contributed by atoms with van der Waals surface area (Å²) in [6, 6.07) is 11.4. The molecule has 0 bridgehead atoms. The summed E-state index contributed by atoms with van der Waals surface area (Å²) in [6.45, 7) is 6.13. The molecule has 5 heteroatoms. The summed E-state index contributed by atoms with van der Waals surface area (Å²) in [4.78, 5) is 26.8. The number of anilines is 2. The molecule has 0 saturated carbocycles. The minimum absolute atomic E-state index is 0.0204. The van der Waals surface area contributed by atoms with Crippen molar-refractivity contribution in [1.29, 1.82) is 0 Å². The molecule has 0 unspecified atom stereocenters. The summed E-state index contributed by atoms with van der Waals surface area (Å²) in [5.41, 5.74) is 1.90. The molecule has 2 aromatic rings. The van der Waals surface area contributed by atoms with Gasteiger partial charge in [0.15, 0.2) is 5.78 Å². The van der Waals surface area contributed by atoms with Crippen molar-refractivity contribution in [2.24, 2.45) is 0 Å². The number of carbonyl (C=O) groups is 2. The van der Waals surface area contributed by atoms with Crippen LogP contribution in [-0.4, -0.2) is 24.8 Å². The SMILES string of the molecule is CCN(CC)c1ccc(NC(=O)CCC(=O)c2cccs2)cc1. The van der Waals surface area contributed by atoms with Gasteiger partial charge in [0.2, 0.25) is 5.91 Å². The van der Waals surface area contributed by atoms with Crippen molar-refractivity contribution in [3.8, 4) is 0 Å². The molecule has 0 atom stereocenters. The Balaban J connectivity index is 1.84. The van der Waals surface area contributed by atoms with E-state index in [4.69, 9.17) is 0 Å². The van der Waals surface area contributed by atoms with E-state index in [0.717, 1.165) is 24.5 Å². The Labute approximate surface area is 141 Å². The molecule has 0 saturated heterocycles. The van der Waals surface area contributed by atoms with Gasteiger partial charge in [-0.3, -0.25) is 9.59 Å². The first kappa shape index (κ1) is 17.2. The highest BCUT2D eigenvalue weighted by Crippen LogP contribution is 2.18. The monoisotopic (exact) mass is 330 g/mol. The largest absolute Gasteiger partial charge is 0.372 e. The summed E-state index contributed by atoms with van der Waals surface area (Å²) in [5, 5.41) is 4.70. The van der Waals surface area contributed by atoms with Crippen molar-refractivity contribution in [2.45, 2.75) is 26.7 Å². The number of ketones is 1. The lowest BCUT2D eigenvalue weighted by molar-refractivity contribution is -0.116. The summed E-state index contributed by atoms with van der Waals surface area (Å²) < 4.78 is 0. The van der Waals surface area contributed by atoms with Gasteiger partial charge in [-0.1, -0.05) is 6.07 Å². The van der Waals surface area contributed by atoms with E-state index in [1.165, 1.54) is 11.3 Å². The molecule has 0 fully saturated rings. The predicted octanol–water partition coefficient (Wildman–Crippen LogP) is 4.20. The molecule has 0 aliphatic rings. The van der Waals surface area contributed by atoms with Crippen LogP contribution in [-0.2, 0) is 4.79 Å². The third kappa shape index (κ3) is 4.93. The van der Waals surface area contributed by atoms with E-state index >= 15 is 0 Å². The Hall–Kier alpha value is -2.14. The zero-order valence-corrected chi connectivity index (χ0v) is 14.4. The van der Waals surface area contributed by atoms with Gasteiger partial charge in [-0.2, -0.15) is 0 Å². The molecule has 0 spiro atoms. The van der Waals surface area contributed by atoms with E-state index in [9.17, 15) is 9.59 Å². The fourth-order valence-electron chi connectivity index (χ4n) is 2.36. The second kappa shape index (κ2) is 8.48. The van der Waals surface area contributed by atoms with Crippen LogP contribution in [0.5, 0.6) is 0 Å². The van der Waals surface area contributed by atoms with Gasteiger partial charge in [0.25, 0.3) is 0 Å². The molecule has 0 radical (unpaired) electrons. The molecule has 4 nitrogen and oxygen atoms in total. The fraction of sp³-hybridized carbons (Fsp3) is 0.333. The van der Waals surface area contributed by atoms with Gasteiger partial charge < -0.3 is 10.2 Å². The van der Waals surface area contributed by atoms with Crippen LogP contribution in [0.1, 0.15) is 36.4 Å². The van der Waals surface area contributed by atoms with Gasteiger partial charge in [0.05, 0.1) is 4.88 Å². The Morgan fingerprint density at radius 1 is 1.04 bits per heavy atom. The van der Waals surface area contributed by atoms with Crippen molar-refractivity contribution >= 4 is 34.4 Å². The molecule has 1 N–H and O–H groups in total. The third-order valence-electron chi connectivity index (χ3n) is 3.65. The zero-order valence-electron chi connectivity index (χ0n) is 13.5. The average molecular weight is 330 g/mol. The molecule has 1 heterocycles. The topological polar surface area (TPSA) is 49.4 Å². The number of amides is 1. The molecule has 0 aliphatic carbocycles. The highest BCUT2D eigenvalue weighted by molar-refractivity contribution is 7.12. The van der Waals surface area contributed by atoms with Crippen molar-refractivity contribution in [3.63, 3.8) is 0 Å². The van der Waals surface area contributed by atoms with Crippen LogP contribution in [0.25, 0.3) is 0 Å². The third-order valence-corrected chi connectivity index (χ3v) is 4.57. The van der Waals surface area contributed by atoms with Gasteiger partial charge in [0.1, 0.15) is 0 Å². The average Bonchev–Trinajstić information content (AvgIpc) is 3.10. The van der Waals surface area contributed by atoms with Crippen LogP contribution in [0.15, 0.2) is 41.8 Å². The lowest BCUT2D eigenvalue weighted by Gasteiger charge is -2.21. The molecule has 1 amide bonds. The zero-order chi connectivity index (χ0) is 16.7. The van der Waals surface area contributed by atoms with Gasteiger partial charge >= 0.3 is 0 Å². The normalized spacial score (nSPS) is 10.3. The van der Waals surface area contributed by atoms with E-state index in [0.29, 0.717) is 4.88 Å². The maximum atomic E-state index is 11.9. The van der Waals surface area contributed by atoms with Crippen LogP contribution in [0, 0.1) is 0 Å². The minimum atomic E-state index is -0.134. The molecule has 1 aromatic carbocycles. The van der Waals surface area contributed by atoms with Gasteiger partial charge in [-0.05, 0) is 49.6 Å². The number of rotatable bonds is 8. The van der Waals surface area contributed by atoms with Crippen molar-refractivity contribution < 1.29 is 9.59 Å². The number of thiophene rings is 1. The second-order valence-electron chi connectivity index (χ2n) is 5.17. The quantitative estimate of drug-likeness (QED) is 0.738. The number of hydrogen-bond acceptors (Lipinski definition) is 4. The summed E-state index contributed by atoms with van der Waals surface area (Å²) in [6.07, 6.45) is 0.443. The van der Waals surface area contributed by atoms with Crippen molar-refractivity contribution in [3.05, 3.63) is 46.7 Å². The lowest BCUT2D eigenvalue weighted by Crippen LogP contribution is -2.21. The van der Waals surface area contributed by atoms with E-state index in [2.05, 4.69) is 24.1 Å². The second-order valence-corrected chi connectivity index (χ2v) is 6.12. The maximum absolute atomic E-state index is 11.9. The Kier molecular flexibility index (Phi) is 6.35. The summed E-state index contributed by atoms with van der Waals surface area (Å²) in [5.74, 6) is -0.113. The van der Waals surface area contributed by atoms with Gasteiger partial charge in [-0.15, -0.1) is 11.3 Å². The molecule has 0 aliphatic heterocycles. The summed E-state index contributed by atoms with van der Waals surface area (Å²) in [7, 11) is 0. The van der Waals surface area contributed by atoms with Crippen LogP contribution in [0.3, 0.4) is 0 Å². The van der Waals surface area contributed by atoms with Gasteiger partial charge in [0, 0.05) is 37.3 Å². The fourth-order valence-corrected chi connectivity index (χ4v) is 3.05. The molecular formula is C18H22N2O2S. The standard InChI is InChI=1S/C18H22N2O2S/c1-3-20(4-2)15-9-7-14(8-10-15)19-18(22)12-11-16(21)17-6-5-13-23-17/h5-10,13H,3-4,11-12H2,1-2H3,(H,19,22). The number of benzene rings is 1. The minimum Gasteiger partial charge on any atom is -0.372 e. The van der Waals surface area contributed by atoms with E-state index in [1.807, 2.05) is 35.7 Å². The van der Waals surface area contributed by atoms with E-state index in [1.54, 1.807) is 6.07 Å².